The summed E-state index contributed by atoms with van der Waals surface area (Å²) in [6.45, 7) is 0. The number of hydrogen-bond acceptors (Lipinski definition) is 0. The molecule has 0 bridgehead atoms. The fourth-order valence-corrected chi connectivity index (χ4v) is 4.84. The lowest BCUT2D eigenvalue weighted by atomic mass is 9.98. The highest BCUT2D eigenvalue weighted by Gasteiger charge is 2.91. The Morgan fingerprint density at radius 1 is 0.406 bits per heavy atom. The second-order valence-corrected chi connectivity index (χ2v) is 8.61. The first kappa shape index (κ1) is 26.2. The average Bonchev–Trinajstić information content (AvgIpc) is 2.68. The van der Waals surface area contributed by atoms with Gasteiger partial charge in [0.15, 0.2) is 0 Å². The molecule has 2 rings (SSSR count). The van der Waals surface area contributed by atoms with Crippen molar-refractivity contribution in [1.82, 2.24) is 0 Å². The van der Waals surface area contributed by atoms with Gasteiger partial charge in [0.1, 0.15) is 0 Å². The van der Waals surface area contributed by atoms with Gasteiger partial charge in [-0.2, -0.15) is 57.1 Å². The zero-order valence-corrected chi connectivity index (χ0v) is 16.0. The smallest absolute Gasteiger partial charge is 0.194 e. The summed E-state index contributed by atoms with van der Waals surface area (Å²) in [5.41, 5.74) is -6.19. The fourth-order valence-electron chi connectivity index (χ4n) is 2.53. The number of benzene rings is 2. The molecule has 0 aliphatic heterocycles. The van der Waals surface area contributed by atoms with Crippen molar-refractivity contribution in [3.63, 3.8) is 0 Å². The number of halogens is 13. The van der Waals surface area contributed by atoms with Gasteiger partial charge in [0.25, 0.3) is 0 Å². The van der Waals surface area contributed by atoms with Gasteiger partial charge in [0.05, 0.1) is 0 Å². The van der Waals surface area contributed by atoms with Crippen LogP contribution in [0.1, 0.15) is 0 Å². The molecule has 14 heteroatoms. The highest BCUT2D eigenvalue weighted by molar-refractivity contribution is 7.74. The van der Waals surface area contributed by atoms with Crippen molar-refractivity contribution in [2.75, 3.05) is 0 Å². The molecule has 0 radical (unpaired) electrons. The molecule has 0 fully saturated rings. The van der Waals surface area contributed by atoms with Gasteiger partial charge in [0, 0.05) is 7.92 Å². The second-order valence-electron chi connectivity index (χ2n) is 6.34. The van der Waals surface area contributed by atoms with Crippen LogP contribution in [-0.4, -0.2) is 35.5 Å². The quantitative estimate of drug-likeness (QED) is 0.287. The second kappa shape index (κ2) is 8.07. The van der Waals surface area contributed by atoms with E-state index in [9.17, 15) is 57.1 Å². The van der Waals surface area contributed by atoms with Crippen molar-refractivity contribution in [1.29, 1.82) is 0 Å². The summed E-state index contributed by atoms with van der Waals surface area (Å²) in [5, 5.41) is -1.50. The average molecular weight is 504 g/mol. The zero-order valence-electron chi connectivity index (χ0n) is 15.1. The molecule has 0 aromatic heterocycles. The summed E-state index contributed by atoms with van der Waals surface area (Å²) in [7, 11) is -3.98. The lowest BCUT2D eigenvalue weighted by Crippen LogP contribution is -2.70. The van der Waals surface area contributed by atoms with Gasteiger partial charge in [0.2, 0.25) is 0 Å². The normalized spacial score (nSPS) is 14.7. The van der Waals surface area contributed by atoms with E-state index < -0.39 is 54.1 Å². The van der Waals surface area contributed by atoms with Crippen LogP contribution in [0, 0.1) is 0 Å². The predicted molar refractivity (Wildman–Crippen MR) is 89.9 cm³/mol. The summed E-state index contributed by atoms with van der Waals surface area (Å²) in [6, 6.07) is 9.58. The van der Waals surface area contributed by atoms with Crippen LogP contribution in [0.25, 0.3) is 0 Å². The van der Waals surface area contributed by atoms with E-state index in [4.69, 9.17) is 0 Å². The van der Waals surface area contributed by atoms with E-state index in [1.807, 2.05) is 0 Å². The third-order valence-corrected chi connectivity index (χ3v) is 6.70. The molecular formula is C18H10F13P. The molecule has 0 nitrogen and oxygen atoms in total. The monoisotopic (exact) mass is 504 g/mol. The largest absolute Gasteiger partial charge is 0.460 e. The van der Waals surface area contributed by atoms with Crippen molar-refractivity contribution >= 4 is 18.5 Å². The number of alkyl halides is 13. The van der Waals surface area contributed by atoms with Crippen molar-refractivity contribution in [3.05, 3.63) is 60.7 Å². The Morgan fingerprint density at radius 2 is 0.719 bits per heavy atom. The Balaban J connectivity index is 2.72. The van der Waals surface area contributed by atoms with Gasteiger partial charge in [-0.3, -0.25) is 0 Å². The Bertz CT molecular complexity index is 868. The molecule has 2 aromatic carbocycles. The predicted octanol–water partition coefficient (Wildman–Crippen LogP) is 6.82. The van der Waals surface area contributed by atoms with Crippen LogP contribution in [0.5, 0.6) is 0 Å². The molecule has 0 amide bonds. The summed E-state index contributed by atoms with van der Waals surface area (Å²) in [4.78, 5) is 0. The SMILES string of the molecule is FC(F)(F)C(F)(F)C(F)(F)C(F)(F)C(F)(F)C(F)(F)P(c1ccccc1)c1ccccc1. The molecule has 178 valence electrons. The topological polar surface area (TPSA) is 0 Å². The van der Waals surface area contributed by atoms with Crippen molar-refractivity contribution in [2.24, 2.45) is 0 Å². The molecule has 0 unspecified atom stereocenters. The van der Waals surface area contributed by atoms with Gasteiger partial charge >= 0.3 is 35.5 Å². The molecule has 0 N–H and O–H groups in total. The first-order valence-corrected chi connectivity index (χ1v) is 9.54. The van der Waals surface area contributed by atoms with E-state index in [-0.39, 0.29) is 0 Å². The molecule has 0 heterocycles. The molecule has 0 aliphatic rings. The maximum absolute atomic E-state index is 14.9. The molecule has 0 aliphatic carbocycles. The first-order valence-electron chi connectivity index (χ1n) is 8.20. The maximum Gasteiger partial charge on any atom is 0.460 e. The summed E-state index contributed by atoms with van der Waals surface area (Å²) >= 11 is 0. The van der Waals surface area contributed by atoms with Crippen molar-refractivity contribution in [2.45, 2.75) is 35.5 Å². The minimum Gasteiger partial charge on any atom is -0.194 e. The molecule has 2 aromatic rings. The van der Waals surface area contributed by atoms with Gasteiger partial charge in [-0.05, 0) is 10.6 Å². The fraction of sp³-hybridized carbons (Fsp3) is 0.333. The Labute approximate surface area is 172 Å². The van der Waals surface area contributed by atoms with Crippen molar-refractivity contribution in [3.8, 4) is 0 Å². The van der Waals surface area contributed by atoms with E-state index in [0.717, 1.165) is 48.5 Å². The number of hydrogen-bond donors (Lipinski definition) is 0. The van der Waals surface area contributed by atoms with Crippen molar-refractivity contribution < 1.29 is 57.1 Å². The Morgan fingerprint density at radius 3 is 1.03 bits per heavy atom. The molecule has 0 saturated heterocycles. The summed E-state index contributed by atoms with van der Waals surface area (Å²) in [6.07, 6.45) is -7.44. The van der Waals surface area contributed by atoms with E-state index in [1.165, 1.54) is 12.1 Å². The molecule has 0 saturated carbocycles. The molecular weight excluding hydrogens is 494 g/mol. The van der Waals surface area contributed by atoms with Crippen LogP contribution in [0.2, 0.25) is 0 Å². The number of rotatable bonds is 7. The minimum atomic E-state index is -7.92. The van der Waals surface area contributed by atoms with Crippen LogP contribution in [0.3, 0.4) is 0 Å². The summed E-state index contributed by atoms with van der Waals surface area (Å²) < 4.78 is 176. The highest BCUT2D eigenvalue weighted by atomic mass is 31.1. The van der Waals surface area contributed by atoms with Crippen LogP contribution >= 0.6 is 7.92 Å². The maximum atomic E-state index is 14.9. The van der Waals surface area contributed by atoms with E-state index in [0.29, 0.717) is 0 Å². The van der Waals surface area contributed by atoms with Gasteiger partial charge in [-0.25, -0.2) is 0 Å². The molecule has 0 atom stereocenters. The van der Waals surface area contributed by atoms with E-state index in [1.54, 1.807) is 0 Å². The zero-order chi connectivity index (χ0) is 24.8. The van der Waals surface area contributed by atoms with Gasteiger partial charge < -0.3 is 0 Å². The van der Waals surface area contributed by atoms with Gasteiger partial charge in [-0.1, -0.05) is 60.7 Å². The lowest BCUT2D eigenvalue weighted by molar-refractivity contribution is -0.433. The van der Waals surface area contributed by atoms with E-state index in [2.05, 4.69) is 0 Å². The summed E-state index contributed by atoms with van der Waals surface area (Å²) in [5.74, 6) is -30.8. The van der Waals surface area contributed by atoms with Crippen LogP contribution in [0.15, 0.2) is 60.7 Å². The van der Waals surface area contributed by atoms with Crippen LogP contribution in [-0.2, 0) is 0 Å². The lowest BCUT2D eigenvalue weighted by Gasteiger charge is -2.42. The minimum absolute atomic E-state index is 0.750. The van der Waals surface area contributed by atoms with Crippen LogP contribution < -0.4 is 10.6 Å². The molecule has 32 heavy (non-hydrogen) atoms. The third kappa shape index (κ3) is 3.82. The van der Waals surface area contributed by atoms with Gasteiger partial charge in [-0.15, -0.1) is 0 Å². The standard InChI is InChI=1S/C18H10F13P/c19-13(20,15(23,24)17(27,28)29)14(21,22)16(25,26)18(30,31)32(11-7-3-1-4-8-11)12-9-5-2-6-10-12/h1-10H. The molecule has 0 spiro atoms. The third-order valence-electron chi connectivity index (χ3n) is 4.23. The Kier molecular flexibility index (Phi) is 6.61. The Hall–Kier alpha value is -2.04. The first-order chi connectivity index (χ1) is 14.3. The van der Waals surface area contributed by atoms with Crippen LogP contribution in [0.4, 0.5) is 57.1 Å². The van der Waals surface area contributed by atoms with E-state index >= 15 is 0 Å². The highest BCUT2D eigenvalue weighted by Crippen LogP contribution is 2.66.